The molecule has 0 amide bonds. The smallest absolute Gasteiger partial charge is 0.391 e. The zero-order valence-electron chi connectivity index (χ0n) is 22.2. The highest BCUT2D eigenvalue weighted by atomic mass is 31.2. The number of Topliss-reactive ketones (excluding diaryl/α,β-unsaturated/α-hetero) is 2. The van der Waals surface area contributed by atoms with Gasteiger partial charge in [-0.25, -0.2) is 14.7 Å². The van der Waals surface area contributed by atoms with E-state index in [1.807, 2.05) is 0 Å². The van der Waals surface area contributed by atoms with Crippen molar-refractivity contribution in [2.45, 2.75) is 77.7 Å². The lowest BCUT2D eigenvalue weighted by Gasteiger charge is -2.29. The molecule has 212 valence electrons. The van der Waals surface area contributed by atoms with E-state index in [9.17, 15) is 23.7 Å². The molecule has 14 nitrogen and oxygen atoms in total. The van der Waals surface area contributed by atoms with Crippen LogP contribution in [0.25, 0.3) is 11.1 Å². The summed E-state index contributed by atoms with van der Waals surface area (Å²) in [6.45, 7) is 6.39. The third kappa shape index (κ3) is 13.5. The van der Waals surface area contributed by atoms with E-state index in [1.165, 1.54) is 12.1 Å². The van der Waals surface area contributed by atoms with Crippen molar-refractivity contribution in [3.8, 4) is 5.75 Å². The molecule has 2 atom stereocenters. The maximum absolute atomic E-state index is 14.2. The number of ketones is 2. The van der Waals surface area contributed by atoms with Gasteiger partial charge in [-0.15, -0.1) is 0 Å². The zero-order chi connectivity index (χ0) is 29.4. The molecule has 1 aromatic rings. The highest BCUT2D eigenvalue weighted by Gasteiger charge is 2.38. The molecule has 0 unspecified atom stereocenters. The fraction of sp³-hybridized carbons (Fsp3) is 0.500. The molecule has 0 saturated carbocycles. The molecule has 0 aliphatic carbocycles. The molecule has 1 aromatic carbocycles. The van der Waals surface area contributed by atoms with E-state index in [0.717, 1.165) is 0 Å². The van der Waals surface area contributed by atoms with Crippen LogP contribution in [-0.4, -0.2) is 69.8 Å². The second-order valence-electron chi connectivity index (χ2n) is 8.79. The minimum Gasteiger partial charge on any atom is -0.462 e. The number of carbonyl (C=O) groups is 4. The van der Waals surface area contributed by atoms with E-state index in [1.54, 1.807) is 45.9 Å². The van der Waals surface area contributed by atoms with Gasteiger partial charge in [0, 0.05) is 12.8 Å². The Labute approximate surface area is 226 Å². The summed E-state index contributed by atoms with van der Waals surface area (Å²) in [5.41, 5.74) is 17.2. The molecule has 0 heterocycles. The summed E-state index contributed by atoms with van der Waals surface area (Å²) in [7, 11) is -4.39. The molecule has 2 N–H and O–H groups in total. The summed E-state index contributed by atoms with van der Waals surface area (Å²) in [5.74, 6) is -2.83. The third-order valence-corrected chi connectivity index (χ3v) is 6.43. The molecule has 0 spiro atoms. The first kappa shape index (κ1) is 33.2. The minimum absolute atomic E-state index is 0.111. The van der Waals surface area contributed by atoms with Gasteiger partial charge in [-0.1, -0.05) is 18.2 Å². The van der Waals surface area contributed by atoms with Crippen LogP contribution >= 0.6 is 7.67 Å². The van der Waals surface area contributed by atoms with Gasteiger partial charge in [-0.2, -0.15) is 9.58 Å². The highest BCUT2D eigenvalue weighted by molar-refractivity contribution is 7.55. The Hall–Kier alpha value is -3.79. The quantitative estimate of drug-likeness (QED) is 0.0873. The Bertz CT molecular complexity index is 1080. The lowest BCUT2D eigenvalue weighted by Crippen LogP contribution is -2.46. The Balaban J connectivity index is 3.41. The number of hydrogen-bond acceptors (Lipinski definition) is 8. The fourth-order valence-corrected chi connectivity index (χ4v) is 4.95. The number of benzene rings is 1. The second kappa shape index (κ2) is 16.9. The number of para-hydroxylation sites is 1. The van der Waals surface area contributed by atoms with Crippen LogP contribution < -0.4 is 14.7 Å². The maximum Gasteiger partial charge on any atom is 0.391 e. The highest BCUT2D eigenvalue weighted by Crippen LogP contribution is 2.41. The maximum atomic E-state index is 14.2. The van der Waals surface area contributed by atoms with Crippen LogP contribution in [-0.2, 0) is 33.2 Å². The van der Waals surface area contributed by atoms with E-state index < -0.39 is 55.5 Å². The van der Waals surface area contributed by atoms with Gasteiger partial charge in [0.2, 0.25) is 11.6 Å². The lowest BCUT2D eigenvalue weighted by molar-refractivity contribution is -0.150. The number of nitrogens with one attached hydrogen (secondary N) is 2. The predicted molar refractivity (Wildman–Crippen MR) is 139 cm³/mol. The number of esters is 2. The molecular weight excluding hydrogens is 531 g/mol. The Kier molecular flexibility index (Phi) is 14.4. The van der Waals surface area contributed by atoms with Gasteiger partial charge in [0.05, 0.1) is 12.2 Å². The summed E-state index contributed by atoms with van der Waals surface area (Å²) in [6.07, 6.45) is -0.803. The first-order valence-corrected chi connectivity index (χ1v) is 13.7. The molecule has 0 bridgehead atoms. The van der Waals surface area contributed by atoms with E-state index in [2.05, 4.69) is 19.8 Å². The van der Waals surface area contributed by atoms with Gasteiger partial charge in [0.25, 0.3) is 0 Å². The van der Waals surface area contributed by atoms with Gasteiger partial charge >= 0.3 is 32.0 Å². The van der Waals surface area contributed by atoms with E-state index >= 15 is 0 Å². The van der Waals surface area contributed by atoms with E-state index in [-0.39, 0.29) is 31.4 Å². The van der Waals surface area contributed by atoms with Gasteiger partial charge in [0.1, 0.15) is 17.8 Å². The average Bonchev–Trinajstić information content (AvgIpc) is 2.84. The molecule has 0 aliphatic heterocycles. The van der Waals surface area contributed by atoms with E-state index in [4.69, 9.17) is 25.1 Å². The van der Waals surface area contributed by atoms with E-state index in [0.29, 0.717) is 12.4 Å². The van der Waals surface area contributed by atoms with Gasteiger partial charge in [-0.3, -0.25) is 19.2 Å². The monoisotopic (exact) mass is 564 g/mol. The molecule has 0 aliphatic rings. The summed E-state index contributed by atoms with van der Waals surface area (Å²) < 4.78 is 30.3. The summed E-state index contributed by atoms with van der Waals surface area (Å²) in [4.78, 5) is 54.8. The molecule has 39 heavy (non-hydrogen) atoms. The van der Waals surface area contributed by atoms with Gasteiger partial charge in [-0.05, 0) is 52.7 Å². The topological polar surface area (TPSA) is 210 Å². The Morgan fingerprint density at radius 2 is 1.23 bits per heavy atom. The first-order valence-electron chi connectivity index (χ1n) is 12.1. The normalized spacial score (nSPS) is 13.7. The number of nitrogens with zero attached hydrogens (tertiary/aromatic N) is 4. The molecular formula is C24H33N6O8P. The summed E-state index contributed by atoms with van der Waals surface area (Å²) in [6, 6.07) is 5.14. The lowest BCUT2D eigenvalue weighted by atomic mass is 10.1. The molecule has 1 rings (SSSR count). The Morgan fingerprint density at radius 1 is 0.821 bits per heavy atom. The number of ether oxygens (including phenoxy) is 2. The van der Waals surface area contributed by atoms with Crippen molar-refractivity contribution in [1.82, 2.24) is 10.2 Å². The molecule has 0 saturated heterocycles. The third-order valence-electron chi connectivity index (χ3n) is 4.66. The van der Waals surface area contributed by atoms with Gasteiger partial charge in [0.15, 0.2) is 0 Å². The molecule has 0 fully saturated rings. The van der Waals surface area contributed by atoms with Crippen molar-refractivity contribution in [3.63, 3.8) is 0 Å². The standard InChI is InChI=1S/C24H33N6O8P/c1-16(2)36-23(33)21(12-10-18(31)14-27-25)29-39(35,38-20-8-6-5-7-9-20)30-22(24(34)37-17(3)4)13-11-19(32)15-28-26/h5-9,14-17,21-22H,10-13H2,1-4H3,(H2,29,30,35)/t21-,22-/m0/s1. The molecule has 15 heteroatoms. The van der Waals surface area contributed by atoms with Crippen molar-refractivity contribution in [2.75, 3.05) is 0 Å². The van der Waals surface area contributed by atoms with Crippen LogP contribution in [0.4, 0.5) is 0 Å². The van der Waals surface area contributed by atoms with Crippen LogP contribution in [0, 0.1) is 0 Å². The molecule has 0 aromatic heterocycles. The van der Waals surface area contributed by atoms with Crippen LogP contribution in [0.15, 0.2) is 30.3 Å². The summed E-state index contributed by atoms with van der Waals surface area (Å²) in [5, 5.41) is 5.12. The number of hydrogen-bond donors (Lipinski definition) is 2. The Morgan fingerprint density at radius 3 is 1.59 bits per heavy atom. The fourth-order valence-electron chi connectivity index (χ4n) is 3.06. The number of rotatable bonds is 18. The van der Waals surface area contributed by atoms with Crippen molar-refractivity contribution in [3.05, 3.63) is 41.4 Å². The van der Waals surface area contributed by atoms with Crippen LogP contribution in [0.3, 0.4) is 0 Å². The zero-order valence-corrected chi connectivity index (χ0v) is 23.1. The van der Waals surface area contributed by atoms with Crippen molar-refractivity contribution >= 4 is 43.6 Å². The largest absolute Gasteiger partial charge is 0.462 e. The van der Waals surface area contributed by atoms with Crippen LogP contribution in [0.5, 0.6) is 5.75 Å². The SMILES string of the molecule is CC(C)OC(=O)[C@H](CCC(=O)C=[N+]=[N-])NP(=O)(N[C@@H](CCC(=O)C=[N+]=[N-])C(=O)OC(C)C)Oc1ccccc1. The second-order valence-corrected chi connectivity index (χ2v) is 10.6. The minimum atomic E-state index is -4.39. The number of carbonyl (C=O) groups excluding carboxylic acids is 4. The predicted octanol–water partition coefficient (Wildman–Crippen LogP) is 2.29. The van der Waals surface area contributed by atoms with Crippen molar-refractivity contribution in [1.29, 1.82) is 0 Å². The van der Waals surface area contributed by atoms with Crippen molar-refractivity contribution < 1.29 is 47.3 Å². The van der Waals surface area contributed by atoms with Crippen LogP contribution in [0.2, 0.25) is 0 Å². The van der Waals surface area contributed by atoms with Crippen molar-refractivity contribution in [2.24, 2.45) is 0 Å². The average molecular weight is 565 g/mol. The molecule has 0 radical (unpaired) electrons. The first-order chi connectivity index (χ1) is 18.4. The van der Waals surface area contributed by atoms with Crippen LogP contribution in [0.1, 0.15) is 53.4 Å². The van der Waals surface area contributed by atoms with Gasteiger partial charge < -0.3 is 25.1 Å². The summed E-state index contributed by atoms with van der Waals surface area (Å²) >= 11 is 0.